The molecule has 0 spiro atoms. The van der Waals surface area contributed by atoms with Gasteiger partial charge in [-0.25, -0.2) is 0 Å². The van der Waals surface area contributed by atoms with E-state index in [4.69, 9.17) is 0 Å². The number of Topliss-reactive ketones (excluding diaryl/α,β-unsaturated/α-hetero) is 1. The van der Waals surface area contributed by atoms with Gasteiger partial charge in [0, 0.05) is 18.0 Å². The molecule has 3 aromatic rings. The fourth-order valence-electron chi connectivity index (χ4n) is 4.76. The van der Waals surface area contributed by atoms with Crippen LogP contribution in [0.2, 0.25) is 0 Å². The number of anilines is 2. The van der Waals surface area contributed by atoms with Crippen molar-refractivity contribution in [3.05, 3.63) is 88.5 Å². The van der Waals surface area contributed by atoms with Crippen molar-refractivity contribution in [2.45, 2.75) is 32.2 Å². The molecule has 5 nitrogen and oxygen atoms in total. The molecule has 3 aromatic carbocycles. The summed E-state index contributed by atoms with van der Waals surface area (Å²) < 4.78 is 0. The van der Waals surface area contributed by atoms with Gasteiger partial charge in [0.05, 0.1) is 23.5 Å². The van der Waals surface area contributed by atoms with E-state index in [1.165, 1.54) is 0 Å². The van der Waals surface area contributed by atoms with E-state index in [0.717, 1.165) is 40.8 Å². The summed E-state index contributed by atoms with van der Waals surface area (Å²) in [7, 11) is 0. The molecule has 0 unspecified atom stereocenters. The first-order chi connectivity index (χ1) is 15.0. The van der Waals surface area contributed by atoms with Gasteiger partial charge in [0.1, 0.15) is 5.75 Å². The number of nitrogens with zero attached hydrogens (tertiary/aromatic N) is 1. The summed E-state index contributed by atoms with van der Waals surface area (Å²) in [5, 5.41) is 14.0. The highest BCUT2D eigenvalue weighted by atomic mass is 16.3. The number of rotatable bonds is 3. The molecule has 2 heterocycles. The van der Waals surface area contributed by atoms with Crippen molar-refractivity contribution in [3.8, 4) is 5.75 Å². The number of ketones is 1. The lowest BCUT2D eigenvalue weighted by molar-refractivity contribution is -0.114. The maximum Gasteiger partial charge on any atom is 0.299 e. The average molecular weight is 412 g/mol. The van der Waals surface area contributed by atoms with Crippen molar-refractivity contribution in [2.75, 3.05) is 16.8 Å². The molecule has 0 saturated carbocycles. The molecule has 0 saturated heterocycles. The number of phenols is 1. The molecule has 5 rings (SSSR count). The van der Waals surface area contributed by atoms with E-state index in [1.54, 1.807) is 11.0 Å². The van der Waals surface area contributed by atoms with E-state index < -0.39 is 11.7 Å². The third-order valence-electron chi connectivity index (χ3n) is 6.26. The van der Waals surface area contributed by atoms with Crippen LogP contribution in [-0.4, -0.2) is 23.3 Å². The molecule has 2 N–H and O–H groups in total. The Labute approximate surface area is 181 Å². The highest BCUT2D eigenvalue weighted by Crippen LogP contribution is 2.45. The van der Waals surface area contributed by atoms with Crippen LogP contribution in [0, 0.1) is 6.92 Å². The maximum absolute atomic E-state index is 13.1. The fraction of sp³-hybridized carbons (Fsp3) is 0.231. The van der Waals surface area contributed by atoms with Crippen LogP contribution >= 0.6 is 0 Å². The normalized spacial score (nSPS) is 17.7. The molecule has 0 radical (unpaired) electrons. The topological polar surface area (TPSA) is 69.6 Å². The Hall–Kier alpha value is -3.60. The highest BCUT2D eigenvalue weighted by Gasteiger charge is 2.40. The van der Waals surface area contributed by atoms with Crippen molar-refractivity contribution in [1.82, 2.24) is 0 Å². The summed E-state index contributed by atoms with van der Waals surface area (Å²) in [4.78, 5) is 27.5. The molecule has 0 aliphatic carbocycles. The second-order valence-electron chi connectivity index (χ2n) is 8.31. The predicted molar refractivity (Wildman–Crippen MR) is 121 cm³/mol. The van der Waals surface area contributed by atoms with Crippen LogP contribution in [0.4, 0.5) is 11.4 Å². The molecule has 156 valence electrons. The van der Waals surface area contributed by atoms with Gasteiger partial charge in [-0.2, -0.15) is 0 Å². The van der Waals surface area contributed by atoms with Gasteiger partial charge in [0.25, 0.3) is 11.7 Å². The number of amides is 1. The number of phenolic OH excluding ortho intramolecular Hbond substituents is 1. The van der Waals surface area contributed by atoms with Crippen LogP contribution in [0.1, 0.15) is 51.4 Å². The van der Waals surface area contributed by atoms with Gasteiger partial charge in [0.15, 0.2) is 0 Å². The zero-order valence-corrected chi connectivity index (χ0v) is 17.4. The first kappa shape index (κ1) is 19.4. The average Bonchev–Trinajstić information content (AvgIpc) is 2.93. The number of fused-ring (bicyclic) bond motifs is 3. The third kappa shape index (κ3) is 3.26. The van der Waals surface area contributed by atoms with Crippen molar-refractivity contribution in [2.24, 2.45) is 0 Å². The number of carbonyl (C=O) groups is 2. The number of hydrogen-bond acceptors (Lipinski definition) is 4. The van der Waals surface area contributed by atoms with E-state index in [0.29, 0.717) is 24.3 Å². The number of benzene rings is 3. The van der Waals surface area contributed by atoms with Gasteiger partial charge in [-0.15, -0.1) is 0 Å². The lowest BCUT2D eigenvalue weighted by Crippen LogP contribution is -2.29. The third-order valence-corrected chi connectivity index (χ3v) is 6.26. The molecule has 5 heteroatoms. The van der Waals surface area contributed by atoms with Gasteiger partial charge in [0.2, 0.25) is 0 Å². The van der Waals surface area contributed by atoms with Crippen LogP contribution in [0.3, 0.4) is 0 Å². The Morgan fingerprint density at radius 1 is 1.03 bits per heavy atom. The standard InChI is InChI=1S/C26H24N2O3/c1-16-9-12-22(29)20(14-16)18-8-5-13-27-24-19(18)10-11-21-23(24)25(30)26(31)28(21)15-17-6-3-2-4-7-17/h2-4,6-7,9-12,14,18,27,29H,5,8,13,15H2,1H3/t18-/m1/s1. The minimum absolute atomic E-state index is 0.0405. The van der Waals surface area contributed by atoms with E-state index in [9.17, 15) is 14.7 Å². The Morgan fingerprint density at radius 3 is 2.65 bits per heavy atom. The van der Waals surface area contributed by atoms with E-state index in [-0.39, 0.29) is 11.7 Å². The van der Waals surface area contributed by atoms with Gasteiger partial charge in [-0.05, 0) is 43.0 Å². The molecular formula is C26H24N2O3. The molecular weight excluding hydrogens is 388 g/mol. The summed E-state index contributed by atoms with van der Waals surface area (Å²) in [5.74, 6) is -0.740. The molecule has 2 aliphatic rings. The zero-order valence-electron chi connectivity index (χ0n) is 17.4. The van der Waals surface area contributed by atoms with Crippen molar-refractivity contribution in [3.63, 3.8) is 0 Å². The van der Waals surface area contributed by atoms with Gasteiger partial charge in [-0.1, -0.05) is 54.1 Å². The van der Waals surface area contributed by atoms with Crippen molar-refractivity contribution in [1.29, 1.82) is 0 Å². The number of nitrogens with one attached hydrogen (secondary N) is 1. The molecule has 0 bridgehead atoms. The van der Waals surface area contributed by atoms with E-state index >= 15 is 0 Å². The van der Waals surface area contributed by atoms with Crippen LogP contribution in [-0.2, 0) is 11.3 Å². The quantitative estimate of drug-likeness (QED) is 0.608. The molecule has 1 amide bonds. The lowest BCUT2D eigenvalue weighted by Gasteiger charge is -2.22. The number of carbonyl (C=O) groups excluding carboxylic acids is 2. The predicted octanol–water partition coefficient (Wildman–Crippen LogP) is 4.77. The van der Waals surface area contributed by atoms with E-state index in [2.05, 4.69) is 5.32 Å². The Balaban J connectivity index is 1.62. The van der Waals surface area contributed by atoms with Gasteiger partial charge in [-0.3, -0.25) is 9.59 Å². The van der Waals surface area contributed by atoms with Crippen LogP contribution in [0.15, 0.2) is 60.7 Å². The Bertz CT molecular complexity index is 1190. The van der Waals surface area contributed by atoms with Gasteiger partial charge < -0.3 is 15.3 Å². The monoisotopic (exact) mass is 412 g/mol. The lowest BCUT2D eigenvalue weighted by atomic mass is 9.85. The molecule has 31 heavy (non-hydrogen) atoms. The summed E-state index contributed by atoms with van der Waals surface area (Å²) >= 11 is 0. The second-order valence-corrected chi connectivity index (χ2v) is 8.31. The Kier molecular flexibility index (Phi) is 4.74. The van der Waals surface area contributed by atoms with Crippen LogP contribution in [0.5, 0.6) is 5.75 Å². The smallest absolute Gasteiger partial charge is 0.299 e. The largest absolute Gasteiger partial charge is 0.508 e. The number of aromatic hydroxyl groups is 1. The van der Waals surface area contributed by atoms with Crippen LogP contribution in [0.25, 0.3) is 0 Å². The molecule has 2 aliphatic heterocycles. The van der Waals surface area contributed by atoms with Gasteiger partial charge >= 0.3 is 0 Å². The van der Waals surface area contributed by atoms with E-state index in [1.807, 2.05) is 61.5 Å². The Morgan fingerprint density at radius 2 is 1.84 bits per heavy atom. The van der Waals surface area contributed by atoms with Crippen molar-refractivity contribution >= 4 is 23.1 Å². The summed E-state index contributed by atoms with van der Waals surface area (Å²) in [5.41, 5.74) is 5.71. The van der Waals surface area contributed by atoms with Crippen LogP contribution < -0.4 is 10.2 Å². The summed E-state index contributed by atoms with van der Waals surface area (Å²) in [6.45, 7) is 3.08. The molecule has 0 fully saturated rings. The minimum atomic E-state index is -0.492. The SMILES string of the molecule is Cc1ccc(O)c([C@@H]2CCCNc3c2ccc2c3C(=O)C(=O)N2Cc2ccccc2)c1. The minimum Gasteiger partial charge on any atom is -0.508 e. The first-order valence-corrected chi connectivity index (χ1v) is 10.6. The number of aryl methyl sites for hydroxylation is 1. The summed E-state index contributed by atoms with van der Waals surface area (Å²) in [6, 6.07) is 19.2. The zero-order chi connectivity index (χ0) is 21.5. The fourth-order valence-corrected chi connectivity index (χ4v) is 4.76. The summed E-state index contributed by atoms with van der Waals surface area (Å²) in [6.07, 6.45) is 1.75. The highest BCUT2D eigenvalue weighted by molar-refractivity contribution is 6.53. The maximum atomic E-state index is 13.1. The first-order valence-electron chi connectivity index (χ1n) is 10.6. The number of hydrogen-bond donors (Lipinski definition) is 2. The molecule has 1 atom stereocenters. The second kappa shape index (κ2) is 7.58. The molecule has 0 aromatic heterocycles. The van der Waals surface area contributed by atoms with Crippen molar-refractivity contribution < 1.29 is 14.7 Å².